The van der Waals surface area contributed by atoms with E-state index in [1.807, 2.05) is 133 Å². The maximum absolute atomic E-state index is 14.2. The Balaban J connectivity index is 0.784. The zero-order chi connectivity index (χ0) is 52.2. The number of ether oxygens (including phenoxy) is 8. The molecule has 0 spiro atoms. The Morgan fingerprint density at radius 1 is 0.421 bits per heavy atom. The van der Waals surface area contributed by atoms with Crippen LogP contribution in [-0.2, 0) is 18.9 Å². The number of carbonyl (C=O) groups excluding carboxylic acids is 2. The Kier molecular flexibility index (Phi) is 17.2. The SMILES string of the molecule is CCC1(COCCCCCCOc2ccc3cc(C(=O)Oc4ccc5ccccc5c4-c4c(OC(=O)c5ccc6cc(OCCCCCCOCC7(CC)COC7)ccc6c5)ccc5ccccc45)ccc3c2)COC1. The third-order valence-corrected chi connectivity index (χ3v) is 15.4. The fraction of sp³-hybridized carbons (Fsp3) is 0.364. The van der Waals surface area contributed by atoms with Gasteiger partial charge in [-0.2, -0.15) is 0 Å². The van der Waals surface area contributed by atoms with Crippen LogP contribution in [0.15, 0.2) is 146 Å². The van der Waals surface area contributed by atoms with E-state index in [1.165, 1.54) is 0 Å². The van der Waals surface area contributed by atoms with Crippen molar-refractivity contribution in [1.82, 2.24) is 0 Å². The molecular weight excluding hydrogens is 953 g/mol. The molecule has 394 valence electrons. The number of benzene rings is 8. The number of hydrogen-bond donors (Lipinski definition) is 0. The molecule has 0 aromatic heterocycles. The largest absolute Gasteiger partial charge is 0.494 e. The molecule has 76 heavy (non-hydrogen) atoms. The number of carbonyl (C=O) groups is 2. The lowest BCUT2D eigenvalue weighted by molar-refractivity contribution is -0.150. The molecule has 0 unspecified atom stereocenters. The summed E-state index contributed by atoms with van der Waals surface area (Å²) in [6, 6.07) is 46.4. The van der Waals surface area contributed by atoms with Gasteiger partial charge in [0.05, 0.1) is 64.0 Å². The van der Waals surface area contributed by atoms with Crippen molar-refractivity contribution in [3.8, 4) is 34.1 Å². The molecule has 2 aliphatic rings. The summed E-state index contributed by atoms with van der Waals surface area (Å²) >= 11 is 0. The topological polar surface area (TPSA) is 108 Å². The zero-order valence-electron chi connectivity index (χ0n) is 44.1. The number of fused-ring (bicyclic) bond motifs is 4. The van der Waals surface area contributed by atoms with E-state index in [9.17, 15) is 9.59 Å². The van der Waals surface area contributed by atoms with Gasteiger partial charge in [0.1, 0.15) is 23.0 Å². The average Bonchev–Trinajstić information content (AvgIpc) is 3.48. The second-order valence-corrected chi connectivity index (χ2v) is 20.9. The summed E-state index contributed by atoms with van der Waals surface area (Å²) in [7, 11) is 0. The Hall–Kier alpha value is -6.82. The fourth-order valence-electron chi connectivity index (χ4n) is 10.2. The van der Waals surface area contributed by atoms with Gasteiger partial charge in [-0.25, -0.2) is 9.59 Å². The third-order valence-electron chi connectivity index (χ3n) is 15.4. The van der Waals surface area contributed by atoms with Crippen LogP contribution >= 0.6 is 0 Å². The Labute approximate surface area is 446 Å². The second kappa shape index (κ2) is 24.9. The number of hydrogen-bond acceptors (Lipinski definition) is 10. The summed E-state index contributed by atoms with van der Waals surface area (Å²) in [5, 5.41) is 7.27. The first-order valence-corrected chi connectivity index (χ1v) is 27.4. The van der Waals surface area contributed by atoms with Crippen molar-refractivity contribution in [3.05, 3.63) is 157 Å². The lowest BCUT2D eigenvalue weighted by Crippen LogP contribution is -2.45. The minimum Gasteiger partial charge on any atom is -0.494 e. The summed E-state index contributed by atoms with van der Waals surface area (Å²) in [4.78, 5) is 28.5. The van der Waals surface area contributed by atoms with Gasteiger partial charge in [0.15, 0.2) is 0 Å². The molecule has 0 amide bonds. The highest BCUT2D eigenvalue weighted by molar-refractivity contribution is 6.11. The molecule has 0 saturated carbocycles. The van der Waals surface area contributed by atoms with Gasteiger partial charge in [-0.05, 0) is 155 Å². The van der Waals surface area contributed by atoms with Gasteiger partial charge in [-0.3, -0.25) is 0 Å². The van der Waals surface area contributed by atoms with Crippen LogP contribution in [0.25, 0.3) is 54.2 Å². The van der Waals surface area contributed by atoms with Crippen LogP contribution < -0.4 is 18.9 Å². The predicted octanol–water partition coefficient (Wildman–Crippen LogP) is 15.2. The van der Waals surface area contributed by atoms with E-state index < -0.39 is 11.9 Å². The lowest BCUT2D eigenvalue weighted by Gasteiger charge is -2.40. The van der Waals surface area contributed by atoms with Crippen LogP contribution in [0.3, 0.4) is 0 Å². The van der Waals surface area contributed by atoms with E-state index in [0.717, 1.165) is 172 Å². The molecule has 0 bridgehead atoms. The van der Waals surface area contributed by atoms with E-state index in [4.69, 9.17) is 37.9 Å². The quantitative estimate of drug-likeness (QED) is 0.0281. The molecule has 2 saturated heterocycles. The summed E-state index contributed by atoms with van der Waals surface area (Å²) < 4.78 is 47.8. The van der Waals surface area contributed by atoms with E-state index in [1.54, 1.807) is 12.1 Å². The van der Waals surface area contributed by atoms with Crippen LogP contribution in [0.5, 0.6) is 23.0 Å². The van der Waals surface area contributed by atoms with Crippen LogP contribution in [0.1, 0.15) is 98.8 Å². The van der Waals surface area contributed by atoms with Crippen molar-refractivity contribution in [1.29, 1.82) is 0 Å². The van der Waals surface area contributed by atoms with Crippen molar-refractivity contribution < 1.29 is 47.5 Å². The van der Waals surface area contributed by atoms with E-state index >= 15 is 0 Å². The highest BCUT2D eigenvalue weighted by Crippen LogP contribution is 2.46. The van der Waals surface area contributed by atoms with Crippen LogP contribution in [-0.4, -0.2) is 78.0 Å². The number of unbranched alkanes of at least 4 members (excludes halogenated alkanes) is 6. The summed E-state index contributed by atoms with van der Waals surface area (Å²) in [5.74, 6) is 1.26. The first-order valence-electron chi connectivity index (χ1n) is 27.4. The smallest absolute Gasteiger partial charge is 0.343 e. The Morgan fingerprint density at radius 2 is 0.803 bits per heavy atom. The van der Waals surface area contributed by atoms with Gasteiger partial charge >= 0.3 is 11.9 Å². The fourth-order valence-corrected chi connectivity index (χ4v) is 10.2. The van der Waals surface area contributed by atoms with Crippen LogP contribution in [0, 0.1) is 10.8 Å². The third kappa shape index (κ3) is 12.5. The molecule has 2 fully saturated rings. The van der Waals surface area contributed by atoms with Crippen LogP contribution in [0.2, 0.25) is 0 Å². The highest BCUT2D eigenvalue weighted by atomic mass is 16.5. The number of rotatable bonds is 27. The summed E-state index contributed by atoms with van der Waals surface area (Å²) in [6.07, 6.45) is 10.6. The van der Waals surface area contributed by atoms with E-state index in [2.05, 4.69) is 13.8 Å². The average molecular weight is 1020 g/mol. The molecule has 2 aliphatic heterocycles. The maximum atomic E-state index is 14.2. The highest BCUT2D eigenvalue weighted by Gasteiger charge is 2.37. The first-order chi connectivity index (χ1) is 37.3. The first kappa shape index (κ1) is 52.6. The Morgan fingerprint density at radius 3 is 1.21 bits per heavy atom. The van der Waals surface area contributed by atoms with Crippen molar-refractivity contribution in [3.63, 3.8) is 0 Å². The minimum absolute atomic E-state index is 0.234. The molecule has 8 aromatic carbocycles. The molecule has 0 N–H and O–H groups in total. The van der Waals surface area contributed by atoms with Crippen molar-refractivity contribution in [2.24, 2.45) is 10.8 Å². The second-order valence-electron chi connectivity index (χ2n) is 20.9. The van der Waals surface area contributed by atoms with Gasteiger partial charge in [-0.1, -0.05) is 112 Å². The zero-order valence-corrected chi connectivity index (χ0v) is 44.1. The van der Waals surface area contributed by atoms with Crippen molar-refractivity contribution in [2.75, 3.05) is 66.1 Å². The molecule has 10 rings (SSSR count). The molecule has 0 aliphatic carbocycles. The standard InChI is InChI=1S/C66H70O10/c1-3-65(43-71-44-65)41-69-33-13-5-7-15-35-73-55-29-25-49-37-53(23-21-51(49)39-55)63(67)75-59-31-27-47-17-9-11-19-57(47)61(59)62-58-20-12-10-18-48(58)28-32-60(62)76-64(68)54-24-22-52-40-56(30-26-50(52)38-54)74-36-16-8-6-14-34-70-42-66(4-2)45-72-46-66/h9-12,17-32,37-40H,3-8,13-16,33-36,41-46H2,1-2H3. The normalized spacial score (nSPS) is 14.6. The van der Waals surface area contributed by atoms with Gasteiger partial charge in [-0.15, -0.1) is 0 Å². The molecule has 8 aromatic rings. The van der Waals surface area contributed by atoms with Crippen molar-refractivity contribution >= 4 is 55.0 Å². The molecule has 2 heterocycles. The Bertz CT molecular complexity index is 3050. The molecule has 10 nitrogen and oxygen atoms in total. The van der Waals surface area contributed by atoms with E-state index in [-0.39, 0.29) is 10.8 Å². The molecular formula is C66H70O10. The minimum atomic E-state index is -0.508. The van der Waals surface area contributed by atoms with Gasteiger partial charge in [0.2, 0.25) is 0 Å². The number of esters is 2. The van der Waals surface area contributed by atoms with E-state index in [0.29, 0.717) is 47.0 Å². The maximum Gasteiger partial charge on any atom is 0.343 e. The summed E-state index contributed by atoms with van der Waals surface area (Å²) in [6.45, 7) is 12.1. The van der Waals surface area contributed by atoms with Crippen molar-refractivity contribution in [2.45, 2.75) is 78.1 Å². The molecule has 0 radical (unpaired) electrons. The summed E-state index contributed by atoms with van der Waals surface area (Å²) in [5.41, 5.74) is 2.57. The molecule has 0 atom stereocenters. The molecule has 10 heteroatoms. The van der Waals surface area contributed by atoms with Gasteiger partial charge in [0.25, 0.3) is 0 Å². The van der Waals surface area contributed by atoms with Gasteiger partial charge in [0, 0.05) is 35.2 Å². The monoisotopic (exact) mass is 1020 g/mol. The predicted molar refractivity (Wildman–Crippen MR) is 301 cm³/mol. The lowest BCUT2D eigenvalue weighted by atomic mass is 9.84. The van der Waals surface area contributed by atoms with Crippen LogP contribution in [0.4, 0.5) is 0 Å². The van der Waals surface area contributed by atoms with Gasteiger partial charge < -0.3 is 37.9 Å².